The van der Waals surface area contributed by atoms with Crippen molar-refractivity contribution in [2.75, 3.05) is 53.2 Å². The number of ether oxygens (including phenoxy) is 4. The first-order valence-corrected chi connectivity index (χ1v) is 14.6. The number of fused-ring (bicyclic) bond motifs is 1. The molecule has 1 fully saturated rings. The molecule has 10 heteroatoms. The Morgan fingerprint density at radius 2 is 1.83 bits per heavy atom. The van der Waals surface area contributed by atoms with Gasteiger partial charge in [-0.1, -0.05) is 31.5 Å². The average molecular weight is 570 g/mol. The van der Waals surface area contributed by atoms with Crippen molar-refractivity contribution < 1.29 is 33.6 Å². The molecular weight excluding hydrogens is 526 g/mol. The molecule has 3 N–H and O–H groups in total. The number of carbonyl (C=O) groups excluding carboxylic acids is 1. The predicted octanol–water partition coefficient (Wildman–Crippen LogP) is 3.73. The summed E-state index contributed by atoms with van der Waals surface area (Å²) >= 11 is 0. The molecule has 224 valence electrons. The lowest BCUT2D eigenvalue weighted by atomic mass is 9.84. The van der Waals surface area contributed by atoms with Gasteiger partial charge in [-0.3, -0.25) is 14.5 Å². The molecule has 0 radical (unpaired) electrons. The molecule has 0 aromatic heterocycles. The van der Waals surface area contributed by atoms with E-state index in [1.807, 2.05) is 52.3 Å². The number of aliphatic carboxylic acids is 1. The van der Waals surface area contributed by atoms with Gasteiger partial charge in [-0.25, -0.2) is 0 Å². The molecule has 2 aromatic carbocycles. The standard InChI is InChI=1S/C31H43N3O7/c1-3-4-15-33(16-8-7-14-32)29(35)20-34-19-23(22-11-12-27-28(18-22)41-21-40-27)30(31(36)37)24(34)13-17-39-26-10-6-5-9-25(26)38-2/h5-6,9-12,18,23-24,30H,3-4,7-8,13-17,19-21,32H2,1-2H3,(H,36,37)/t23-,24+,30?/m1/s1. The highest BCUT2D eigenvalue weighted by atomic mass is 16.7. The van der Waals surface area contributed by atoms with E-state index in [4.69, 9.17) is 24.7 Å². The number of para-hydroxylation sites is 2. The number of methoxy groups -OCH3 is 1. The van der Waals surface area contributed by atoms with Gasteiger partial charge in [-0.05, 0) is 62.1 Å². The van der Waals surface area contributed by atoms with E-state index >= 15 is 0 Å². The minimum atomic E-state index is -0.893. The number of rotatable bonds is 16. The first kappa shape index (κ1) is 30.5. The number of carbonyl (C=O) groups is 2. The molecule has 2 aliphatic rings. The van der Waals surface area contributed by atoms with E-state index in [0.717, 1.165) is 31.2 Å². The van der Waals surface area contributed by atoms with Crippen LogP contribution in [0.3, 0.4) is 0 Å². The van der Waals surface area contributed by atoms with Crippen molar-refractivity contribution in [1.82, 2.24) is 9.80 Å². The molecule has 2 heterocycles. The SMILES string of the molecule is CCCCN(CCCCN)C(=O)CN1C[C@H](c2ccc3c(c2)OCO3)C(C(=O)O)[C@@H]1CCOc1ccccc1OC. The quantitative estimate of drug-likeness (QED) is 0.291. The Morgan fingerprint density at radius 3 is 2.56 bits per heavy atom. The summed E-state index contributed by atoms with van der Waals surface area (Å²) in [5.74, 6) is 0.540. The Hall–Kier alpha value is -3.50. The Kier molecular flexibility index (Phi) is 11.1. The fourth-order valence-electron chi connectivity index (χ4n) is 5.79. The van der Waals surface area contributed by atoms with Crippen molar-refractivity contribution in [3.05, 3.63) is 48.0 Å². The van der Waals surface area contributed by atoms with Gasteiger partial charge in [0.15, 0.2) is 23.0 Å². The van der Waals surface area contributed by atoms with E-state index < -0.39 is 17.9 Å². The van der Waals surface area contributed by atoms with Crippen LogP contribution in [0.2, 0.25) is 0 Å². The molecule has 0 bridgehead atoms. The molecule has 1 unspecified atom stereocenters. The third-order valence-corrected chi connectivity index (χ3v) is 7.95. The number of hydrogen-bond acceptors (Lipinski definition) is 8. The summed E-state index contributed by atoms with van der Waals surface area (Å²) in [6, 6.07) is 12.6. The number of amides is 1. The van der Waals surface area contributed by atoms with Crippen molar-refractivity contribution >= 4 is 11.9 Å². The van der Waals surface area contributed by atoms with Crippen LogP contribution in [0.1, 0.15) is 50.5 Å². The van der Waals surface area contributed by atoms with Gasteiger partial charge >= 0.3 is 5.97 Å². The van der Waals surface area contributed by atoms with E-state index in [0.29, 0.717) is 55.6 Å². The fraction of sp³-hybridized carbons (Fsp3) is 0.548. The van der Waals surface area contributed by atoms with Gasteiger partial charge in [0.25, 0.3) is 0 Å². The molecule has 1 saturated heterocycles. The molecule has 1 amide bonds. The molecule has 4 rings (SSSR count). The zero-order valence-electron chi connectivity index (χ0n) is 24.1. The maximum absolute atomic E-state index is 13.6. The maximum atomic E-state index is 13.6. The maximum Gasteiger partial charge on any atom is 0.308 e. The van der Waals surface area contributed by atoms with Gasteiger partial charge < -0.3 is 34.7 Å². The van der Waals surface area contributed by atoms with Gasteiger partial charge in [0.05, 0.1) is 26.2 Å². The fourth-order valence-corrected chi connectivity index (χ4v) is 5.79. The summed E-state index contributed by atoms with van der Waals surface area (Å²) in [6.45, 7) is 5.05. The molecule has 10 nitrogen and oxygen atoms in total. The number of carboxylic acid groups (broad SMARTS) is 1. The van der Waals surface area contributed by atoms with E-state index in [-0.39, 0.29) is 31.8 Å². The van der Waals surface area contributed by atoms with Crippen molar-refractivity contribution in [3.63, 3.8) is 0 Å². The van der Waals surface area contributed by atoms with E-state index in [1.165, 1.54) is 0 Å². The molecular formula is C31H43N3O7. The average Bonchev–Trinajstić information content (AvgIpc) is 3.59. The van der Waals surface area contributed by atoms with Crippen LogP contribution >= 0.6 is 0 Å². The zero-order chi connectivity index (χ0) is 29.2. The smallest absolute Gasteiger partial charge is 0.308 e. The van der Waals surface area contributed by atoms with Gasteiger partial charge in [0.1, 0.15) is 0 Å². The van der Waals surface area contributed by atoms with Crippen molar-refractivity contribution in [1.29, 1.82) is 0 Å². The van der Waals surface area contributed by atoms with Gasteiger partial charge in [0.2, 0.25) is 12.7 Å². The third-order valence-electron chi connectivity index (χ3n) is 7.95. The molecule has 41 heavy (non-hydrogen) atoms. The summed E-state index contributed by atoms with van der Waals surface area (Å²) in [4.78, 5) is 30.4. The van der Waals surface area contributed by atoms with E-state index in [9.17, 15) is 14.7 Å². The Bertz CT molecular complexity index is 1160. The van der Waals surface area contributed by atoms with Crippen molar-refractivity contribution in [2.24, 2.45) is 11.7 Å². The second-order valence-corrected chi connectivity index (χ2v) is 10.6. The Morgan fingerprint density at radius 1 is 1.07 bits per heavy atom. The number of nitrogens with two attached hydrogens (primary N) is 1. The molecule has 0 aliphatic carbocycles. The molecule has 0 saturated carbocycles. The lowest BCUT2D eigenvalue weighted by molar-refractivity contribution is -0.144. The number of carboxylic acids is 1. The second-order valence-electron chi connectivity index (χ2n) is 10.6. The van der Waals surface area contributed by atoms with Gasteiger partial charge in [0, 0.05) is 31.6 Å². The number of benzene rings is 2. The van der Waals surface area contributed by atoms with Crippen LogP contribution < -0.4 is 24.7 Å². The van der Waals surface area contributed by atoms with E-state index in [2.05, 4.69) is 6.92 Å². The van der Waals surface area contributed by atoms with Crippen LogP contribution in [0.5, 0.6) is 23.0 Å². The number of nitrogens with zero attached hydrogens (tertiary/aromatic N) is 2. The first-order valence-electron chi connectivity index (χ1n) is 14.6. The first-order chi connectivity index (χ1) is 20.0. The number of hydrogen-bond donors (Lipinski definition) is 2. The minimum Gasteiger partial charge on any atom is -0.493 e. The van der Waals surface area contributed by atoms with Crippen LogP contribution in [0.25, 0.3) is 0 Å². The monoisotopic (exact) mass is 569 g/mol. The highest BCUT2D eigenvalue weighted by Gasteiger charge is 2.47. The molecule has 0 spiro atoms. The Balaban J connectivity index is 1.56. The Labute approximate surface area is 242 Å². The zero-order valence-corrected chi connectivity index (χ0v) is 24.1. The van der Waals surface area contributed by atoms with Crippen LogP contribution in [0, 0.1) is 5.92 Å². The topological polar surface area (TPSA) is 124 Å². The summed E-state index contributed by atoms with van der Waals surface area (Å²) in [7, 11) is 1.58. The minimum absolute atomic E-state index is 0.0154. The van der Waals surface area contributed by atoms with Gasteiger partial charge in [-0.2, -0.15) is 0 Å². The van der Waals surface area contributed by atoms with Crippen molar-refractivity contribution in [3.8, 4) is 23.0 Å². The summed E-state index contributed by atoms with van der Waals surface area (Å²) in [5, 5.41) is 10.5. The lowest BCUT2D eigenvalue weighted by Crippen LogP contribution is -2.45. The number of likely N-dealkylation sites (tertiary alicyclic amines) is 1. The lowest BCUT2D eigenvalue weighted by Gasteiger charge is -2.30. The number of unbranched alkanes of at least 4 members (excludes halogenated alkanes) is 2. The van der Waals surface area contributed by atoms with E-state index in [1.54, 1.807) is 7.11 Å². The highest BCUT2D eigenvalue weighted by molar-refractivity contribution is 5.79. The summed E-state index contributed by atoms with van der Waals surface area (Å²) in [6.07, 6.45) is 4.05. The molecule has 3 atom stereocenters. The normalized spacial score (nSPS) is 19.7. The van der Waals surface area contributed by atoms with Gasteiger partial charge in [-0.15, -0.1) is 0 Å². The predicted molar refractivity (Wildman–Crippen MR) is 155 cm³/mol. The van der Waals surface area contributed by atoms with Crippen molar-refractivity contribution in [2.45, 2.75) is 51.0 Å². The highest BCUT2D eigenvalue weighted by Crippen LogP contribution is 2.43. The van der Waals surface area contributed by atoms with Crippen LogP contribution in [-0.2, 0) is 9.59 Å². The van der Waals surface area contributed by atoms with Crippen LogP contribution in [-0.4, -0.2) is 86.1 Å². The summed E-state index contributed by atoms with van der Waals surface area (Å²) < 4.78 is 22.5. The summed E-state index contributed by atoms with van der Waals surface area (Å²) in [5.41, 5.74) is 6.55. The largest absolute Gasteiger partial charge is 0.493 e. The molecule has 2 aliphatic heterocycles. The second kappa shape index (κ2) is 14.9. The molecule has 2 aromatic rings. The third kappa shape index (κ3) is 7.62. The van der Waals surface area contributed by atoms with Crippen LogP contribution in [0.15, 0.2) is 42.5 Å². The van der Waals surface area contributed by atoms with Crippen LogP contribution in [0.4, 0.5) is 0 Å².